The molecule has 0 radical (unpaired) electrons. The summed E-state index contributed by atoms with van der Waals surface area (Å²) in [4.78, 5) is 0. The highest BCUT2D eigenvalue weighted by molar-refractivity contribution is 14.1. The van der Waals surface area contributed by atoms with Crippen LogP contribution in [0.25, 0.3) is 0 Å². The minimum Gasteiger partial charge on any atom is -0.0841 e. The van der Waals surface area contributed by atoms with Crippen molar-refractivity contribution in [3.05, 3.63) is 129 Å². The Kier molecular flexibility index (Phi) is 17.8. The van der Waals surface area contributed by atoms with Gasteiger partial charge >= 0.3 is 0 Å². The fraction of sp³-hybridized carbons (Fsp3) is 0.143. The lowest BCUT2D eigenvalue weighted by molar-refractivity contribution is 1.43. The number of aryl methyl sites for hydroxylation is 3. The first-order valence-electron chi connectivity index (χ1n) is 10.5. The zero-order valence-corrected chi connectivity index (χ0v) is 31.6. The number of hydrogen-bond donors (Lipinski definition) is 0. The molecule has 4 aromatic rings. The Morgan fingerprint density at radius 1 is 0.472 bits per heavy atom. The molecule has 0 nitrogen and oxygen atoms in total. The van der Waals surface area contributed by atoms with Crippen LogP contribution in [0.5, 0.6) is 0 Å². The quantitative estimate of drug-likeness (QED) is 0.154. The molecule has 36 heavy (non-hydrogen) atoms. The van der Waals surface area contributed by atoms with Crippen molar-refractivity contribution in [2.45, 2.75) is 27.7 Å². The Labute approximate surface area is 289 Å². The Morgan fingerprint density at radius 2 is 1.03 bits per heavy atom. The molecule has 0 heterocycles. The summed E-state index contributed by atoms with van der Waals surface area (Å²) in [6.45, 7) is 8.03. The van der Waals surface area contributed by atoms with E-state index in [2.05, 4.69) is 96.4 Å². The van der Waals surface area contributed by atoms with Crippen LogP contribution < -0.4 is 0 Å². The standard InChI is InChI=1S/4C7H6ClI/c1-5-4-6(9)2-3-7(5)8;1-5-2-3-6(9)4-7(5)8;1-5-6(8)3-2-4-7(5)9;1-5-3-2-4-6(9)7(5)8/h4*2-4H,1H3. The number of rotatable bonds is 0. The molecule has 192 valence electrons. The minimum absolute atomic E-state index is 0.843. The van der Waals surface area contributed by atoms with Crippen molar-refractivity contribution < 1.29 is 0 Å². The molecule has 0 aliphatic heterocycles. The van der Waals surface area contributed by atoms with Crippen LogP contribution in [-0.4, -0.2) is 0 Å². The summed E-state index contributed by atoms with van der Waals surface area (Å²) >= 11 is 32.3. The Morgan fingerprint density at radius 3 is 1.47 bits per heavy atom. The number of halogens is 8. The number of benzene rings is 4. The second kappa shape index (κ2) is 18.3. The van der Waals surface area contributed by atoms with E-state index in [1.54, 1.807) is 0 Å². The van der Waals surface area contributed by atoms with Crippen molar-refractivity contribution >= 4 is 137 Å². The van der Waals surface area contributed by atoms with Crippen LogP contribution in [0.2, 0.25) is 20.1 Å². The third-order valence-corrected chi connectivity index (χ3v) is 10.1. The molecule has 0 bridgehead atoms. The summed E-state index contributed by atoms with van der Waals surface area (Å²) in [6, 6.07) is 23.9. The number of hydrogen-bond acceptors (Lipinski definition) is 0. The van der Waals surface area contributed by atoms with Crippen molar-refractivity contribution in [3.8, 4) is 0 Å². The van der Waals surface area contributed by atoms with Gasteiger partial charge < -0.3 is 0 Å². The smallest absolute Gasteiger partial charge is 0.0568 e. The first kappa shape index (κ1) is 35.0. The molecule has 0 spiro atoms. The largest absolute Gasteiger partial charge is 0.0841 e. The molecule has 0 aliphatic rings. The fourth-order valence-corrected chi connectivity index (χ4v) is 5.58. The van der Waals surface area contributed by atoms with Crippen LogP contribution in [-0.2, 0) is 0 Å². The van der Waals surface area contributed by atoms with Gasteiger partial charge in [-0.2, -0.15) is 0 Å². The zero-order chi connectivity index (χ0) is 27.4. The maximum Gasteiger partial charge on any atom is 0.0568 e. The van der Waals surface area contributed by atoms with E-state index in [0.29, 0.717) is 0 Å². The van der Waals surface area contributed by atoms with Crippen LogP contribution in [0.3, 0.4) is 0 Å². The van der Waals surface area contributed by atoms with Crippen LogP contribution in [0.4, 0.5) is 0 Å². The van der Waals surface area contributed by atoms with E-state index in [0.717, 1.165) is 40.4 Å². The van der Waals surface area contributed by atoms with Gasteiger partial charge in [-0.15, -0.1) is 0 Å². The Balaban J connectivity index is 0.000000240. The third kappa shape index (κ3) is 13.3. The summed E-state index contributed by atoms with van der Waals surface area (Å²) < 4.78 is 4.76. The molecular formula is C28H24Cl4I4. The predicted octanol–water partition coefficient (Wildman–Crippen LogP) is 13.0. The molecule has 0 N–H and O–H groups in total. The SMILES string of the molecule is Cc1c(Cl)cccc1I.Cc1cc(I)ccc1Cl.Cc1ccc(I)cc1Cl.Cc1cccc(I)c1Cl. The summed E-state index contributed by atoms with van der Waals surface area (Å²) in [5.41, 5.74) is 4.59. The predicted molar refractivity (Wildman–Crippen MR) is 196 cm³/mol. The van der Waals surface area contributed by atoms with Gasteiger partial charge in [0.15, 0.2) is 0 Å². The van der Waals surface area contributed by atoms with E-state index in [1.165, 1.54) is 16.3 Å². The van der Waals surface area contributed by atoms with Crippen molar-refractivity contribution in [3.63, 3.8) is 0 Å². The van der Waals surface area contributed by atoms with E-state index in [9.17, 15) is 0 Å². The summed E-state index contributed by atoms with van der Waals surface area (Å²) in [7, 11) is 0. The molecule has 0 atom stereocenters. The first-order chi connectivity index (χ1) is 16.8. The Bertz CT molecular complexity index is 1140. The van der Waals surface area contributed by atoms with Gasteiger partial charge in [0.2, 0.25) is 0 Å². The summed E-state index contributed by atoms with van der Waals surface area (Å²) in [5.74, 6) is 0. The molecule has 0 fully saturated rings. The molecular weight excluding hydrogens is 986 g/mol. The first-order valence-corrected chi connectivity index (χ1v) is 16.3. The third-order valence-electron chi connectivity index (χ3n) is 4.60. The van der Waals surface area contributed by atoms with Crippen molar-refractivity contribution in [1.29, 1.82) is 0 Å². The van der Waals surface area contributed by atoms with Gasteiger partial charge in [0, 0.05) is 29.3 Å². The van der Waals surface area contributed by atoms with Crippen molar-refractivity contribution in [2.24, 2.45) is 0 Å². The van der Waals surface area contributed by atoms with Crippen LogP contribution in [0.15, 0.2) is 72.8 Å². The average Bonchev–Trinajstić information content (AvgIpc) is 2.82. The second-order valence-electron chi connectivity index (χ2n) is 7.50. The van der Waals surface area contributed by atoms with Gasteiger partial charge in [-0.3, -0.25) is 0 Å². The van der Waals surface area contributed by atoms with Gasteiger partial charge in [-0.1, -0.05) is 70.7 Å². The van der Waals surface area contributed by atoms with E-state index in [1.807, 2.05) is 94.4 Å². The molecule has 4 aromatic carbocycles. The normalized spacial score (nSPS) is 9.67. The molecule has 0 amide bonds. The van der Waals surface area contributed by atoms with E-state index in [-0.39, 0.29) is 0 Å². The maximum atomic E-state index is 5.87. The van der Waals surface area contributed by atoms with Gasteiger partial charge in [-0.25, -0.2) is 0 Å². The van der Waals surface area contributed by atoms with Gasteiger partial charge in [0.1, 0.15) is 0 Å². The van der Waals surface area contributed by atoms with Crippen LogP contribution in [0, 0.1) is 42.0 Å². The topological polar surface area (TPSA) is 0 Å². The van der Waals surface area contributed by atoms with Gasteiger partial charge in [-0.05, 0) is 189 Å². The van der Waals surface area contributed by atoms with Crippen LogP contribution >= 0.6 is 137 Å². The van der Waals surface area contributed by atoms with Gasteiger partial charge in [0.25, 0.3) is 0 Å². The molecule has 0 unspecified atom stereocenters. The molecule has 4 rings (SSSR count). The molecule has 0 aliphatic carbocycles. The van der Waals surface area contributed by atoms with E-state index < -0.39 is 0 Å². The second-order valence-corrected chi connectivity index (χ2v) is 13.9. The van der Waals surface area contributed by atoms with E-state index in [4.69, 9.17) is 46.4 Å². The monoisotopic (exact) mass is 1010 g/mol. The highest BCUT2D eigenvalue weighted by Gasteiger charge is 1.97. The lowest BCUT2D eigenvalue weighted by atomic mass is 10.2. The fourth-order valence-electron chi connectivity index (χ4n) is 2.37. The zero-order valence-electron chi connectivity index (χ0n) is 20.0. The van der Waals surface area contributed by atoms with Crippen LogP contribution in [0.1, 0.15) is 22.3 Å². The molecule has 0 saturated carbocycles. The lowest BCUT2D eigenvalue weighted by Gasteiger charge is -1.97. The molecule has 0 saturated heterocycles. The lowest BCUT2D eigenvalue weighted by Crippen LogP contribution is -1.78. The van der Waals surface area contributed by atoms with Crippen molar-refractivity contribution in [1.82, 2.24) is 0 Å². The van der Waals surface area contributed by atoms with Gasteiger partial charge in [0.05, 0.1) is 5.02 Å². The molecule has 0 aromatic heterocycles. The average molecular weight is 1010 g/mol. The summed E-state index contributed by atoms with van der Waals surface area (Å²) in [5, 5.41) is 3.41. The Hall–Kier alpha value is 0.960. The highest BCUT2D eigenvalue weighted by Crippen LogP contribution is 2.21. The maximum absolute atomic E-state index is 5.87. The highest BCUT2D eigenvalue weighted by atomic mass is 127. The minimum atomic E-state index is 0.843. The van der Waals surface area contributed by atoms with Crippen molar-refractivity contribution in [2.75, 3.05) is 0 Å². The molecule has 8 heteroatoms. The summed E-state index contributed by atoms with van der Waals surface area (Å²) in [6.07, 6.45) is 0. The van der Waals surface area contributed by atoms with E-state index >= 15 is 0 Å².